The number of aliphatic hydroxyl groups excluding tert-OH is 1. The number of anilines is 2. The molecular formula is C14H24N4O. The van der Waals surface area contributed by atoms with Gasteiger partial charge < -0.3 is 15.3 Å². The molecule has 5 heteroatoms. The lowest BCUT2D eigenvalue weighted by molar-refractivity contribution is 0.201. The maximum atomic E-state index is 9.54. The van der Waals surface area contributed by atoms with Crippen LogP contribution in [0.3, 0.4) is 0 Å². The molecule has 5 nitrogen and oxygen atoms in total. The standard InChI is InChI=1S/C14H24N4O/c1-5-15-12-10(3)14(18(4)8-9(2)19)17-13(16-12)11-6-7-11/h9,11,19H,5-8H2,1-4H3,(H,15,16,17). The van der Waals surface area contributed by atoms with E-state index in [-0.39, 0.29) is 6.10 Å². The van der Waals surface area contributed by atoms with Gasteiger partial charge in [-0.3, -0.25) is 0 Å². The van der Waals surface area contributed by atoms with E-state index in [0.717, 1.165) is 29.6 Å². The second kappa shape index (κ2) is 5.74. The number of likely N-dealkylation sites (N-methyl/N-ethyl adjacent to an activating group) is 1. The van der Waals surface area contributed by atoms with Gasteiger partial charge in [-0.15, -0.1) is 0 Å². The molecule has 2 N–H and O–H groups in total. The van der Waals surface area contributed by atoms with Crippen LogP contribution in [0, 0.1) is 6.92 Å². The summed E-state index contributed by atoms with van der Waals surface area (Å²) in [6.45, 7) is 7.31. The van der Waals surface area contributed by atoms with Crippen LogP contribution in [-0.4, -0.2) is 41.3 Å². The number of hydrogen-bond acceptors (Lipinski definition) is 5. The third-order valence-electron chi connectivity index (χ3n) is 3.32. The maximum absolute atomic E-state index is 9.54. The van der Waals surface area contributed by atoms with Crippen molar-refractivity contribution in [2.75, 3.05) is 30.4 Å². The first-order valence-electron chi connectivity index (χ1n) is 7.04. The van der Waals surface area contributed by atoms with Gasteiger partial charge in [-0.05, 0) is 33.6 Å². The lowest BCUT2D eigenvalue weighted by atomic mass is 10.2. The van der Waals surface area contributed by atoms with Crippen molar-refractivity contribution in [2.24, 2.45) is 0 Å². The summed E-state index contributed by atoms with van der Waals surface area (Å²) in [6.07, 6.45) is 2.01. The fourth-order valence-corrected chi connectivity index (χ4v) is 2.24. The fraction of sp³-hybridized carbons (Fsp3) is 0.714. The first kappa shape index (κ1) is 14.1. The smallest absolute Gasteiger partial charge is 0.137 e. The van der Waals surface area contributed by atoms with Gasteiger partial charge >= 0.3 is 0 Å². The van der Waals surface area contributed by atoms with Crippen LogP contribution in [0.1, 0.15) is 44.0 Å². The maximum Gasteiger partial charge on any atom is 0.137 e. The molecule has 1 heterocycles. The molecule has 2 rings (SSSR count). The van der Waals surface area contributed by atoms with Crippen molar-refractivity contribution < 1.29 is 5.11 Å². The van der Waals surface area contributed by atoms with E-state index in [0.29, 0.717) is 12.5 Å². The van der Waals surface area contributed by atoms with Crippen molar-refractivity contribution in [3.05, 3.63) is 11.4 Å². The Morgan fingerprint density at radius 1 is 1.42 bits per heavy atom. The van der Waals surface area contributed by atoms with E-state index in [1.54, 1.807) is 6.92 Å². The zero-order valence-corrected chi connectivity index (χ0v) is 12.3. The van der Waals surface area contributed by atoms with E-state index in [2.05, 4.69) is 17.2 Å². The number of aromatic nitrogens is 2. The normalized spacial score (nSPS) is 16.3. The average Bonchev–Trinajstić information content (AvgIpc) is 3.15. The molecule has 0 amide bonds. The highest BCUT2D eigenvalue weighted by Gasteiger charge is 2.28. The summed E-state index contributed by atoms with van der Waals surface area (Å²) in [7, 11) is 1.97. The number of nitrogens with one attached hydrogen (secondary N) is 1. The monoisotopic (exact) mass is 264 g/mol. The van der Waals surface area contributed by atoms with Crippen LogP contribution in [0.4, 0.5) is 11.6 Å². The summed E-state index contributed by atoms with van der Waals surface area (Å²) in [5.74, 6) is 3.31. The van der Waals surface area contributed by atoms with Gasteiger partial charge in [0.2, 0.25) is 0 Å². The summed E-state index contributed by atoms with van der Waals surface area (Å²) < 4.78 is 0. The van der Waals surface area contributed by atoms with Gasteiger partial charge in [0.25, 0.3) is 0 Å². The molecule has 0 aliphatic heterocycles. The van der Waals surface area contributed by atoms with Gasteiger partial charge in [0.05, 0.1) is 6.10 Å². The van der Waals surface area contributed by atoms with Crippen LogP contribution in [0.2, 0.25) is 0 Å². The molecule has 1 fully saturated rings. The Morgan fingerprint density at radius 2 is 2.11 bits per heavy atom. The molecule has 106 valence electrons. The van der Waals surface area contributed by atoms with Crippen molar-refractivity contribution in [1.82, 2.24) is 9.97 Å². The summed E-state index contributed by atoms with van der Waals surface area (Å²) in [5.41, 5.74) is 1.05. The van der Waals surface area contributed by atoms with Crippen LogP contribution in [0.25, 0.3) is 0 Å². The highest BCUT2D eigenvalue weighted by Crippen LogP contribution is 2.39. The minimum atomic E-state index is -0.369. The lowest BCUT2D eigenvalue weighted by Crippen LogP contribution is -2.29. The Kier molecular flexibility index (Phi) is 4.24. The molecule has 0 aromatic carbocycles. The first-order chi connectivity index (χ1) is 9.02. The number of hydrogen-bond donors (Lipinski definition) is 2. The predicted octanol–water partition coefficient (Wildman–Crippen LogP) is 1.91. The van der Waals surface area contributed by atoms with Crippen LogP contribution >= 0.6 is 0 Å². The zero-order chi connectivity index (χ0) is 14.0. The quantitative estimate of drug-likeness (QED) is 0.822. The van der Waals surface area contributed by atoms with Gasteiger partial charge in [-0.25, -0.2) is 9.97 Å². The SMILES string of the molecule is CCNc1nc(C2CC2)nc(N(C)CC(C)O)c1C. The molecule has 1 unspecified atom stereocenters. The molecule has 19 heavy (non-hydrogen) atoms. The Hall–Kier alpha value is -1.36. The summed E-state index contributed by atoms with van der Waals surface area (Å²) in [4.78, 5) is 11.3. The molecule has 0 radical (unpaired) electrons. The fourth-order valence-electron chi connectivity index (χ4n) is 2.24. The van der Waals surface area contributed by atoms with Crippen LogP contribution < -0.4 is 10.2 Å². The van der Waals surface area contributed by atoms with E-state index in [4.69, 9.17) is 4.98 Å². The predicted molar refractivity (Wildman–Crippen MR) is 77.9 cm³/mol. The molecule has 0 saturated heterocycles. The van der Waals surface area contributed by atoms with E-state index in [9.17, 15) is 5.11 Å². The van der Waals surface area contributed by atoms with Crippen molar-refractivity contribution >= 4 is 11.6 Å². The Bertz CT molecular complexity index is 443. The molecular weight excluding hydrogens is 240 g/mol. The Morgan fingerprint density at radius 3 is 2.63 bits per heavy atom. The topological polar surface area (TPSA) is 61.3 Å². The zero-order valence-electron chi connectivity index (χ0n) is 12.3. The lowest BCUT2D eigenvalue weighted by Gasteiger charge is -2.23. The van der Waals surface area contributed by atoms with Crippen LogP contribution in [-0.2, 0) is 0 Å². The highest BCUT2D eigenvalue weighted by atomic mass is 16.3. The number of aliphatic hydroxyl groups is 1. The average molecular weight is 264 g/mol. The summed E-state index contributed by atoms with van der Waals surface area (Å²) in [5, 5.41) is 12.8. The molecule has 0 spiro atoms. The van der Waals surface area contributed by atoms with Gasteiger partial charge in [0.15, 0.2) is 0 Å². The van der Waals surface area contributed by atoms with Crippen molar-refractivity contribution in [2.45, 2.75) is 45.6 Å². The minimum absolute atomic E-state index is 0.369. The largest absolute Gasteiger partial charge is 0.392 e. The second-order valence-electron chi connectivity index (χ2n) is 5.41. The number of nitrogens with zero attached hydrogens (tertiary/aromatic N) is 3. The van der Waals surface area contributed by atoms with E-state index >= 15 is 0 Å². The molecule has 0 bridgehead atoms. The Balaban J connectivity index is 2.33. The van der Waals surface area contributed by atoms with E-state index in [1.165, 1.54) is 12.8 Å². The molecule has 1 aromatic heterocycles. The van der Waals surface area contributed by atoms with Crippen LogP contribution in [0.5, 0.6) is 0 Å². The highest BCUT2D eigenvalue weighted by molar-refractivity contribution is 5.58. The molecule has 1 atom stereocenters. The van der Waals surface area contributed by atoms with Crippen LogP contribution in [0.15, 0.2) is 0 Å². The molecule has 1 saturated carbocycles. The number of rotatable bonds is 6. The third kappa shape index (κ3) is 3.35. The second-order valence-corrected chi connectivity index (χ2v) is 5.41. The van der Waals surface area contributed by atoms with Gasteiger partial charge in [0, 0.05) is 31.6 Å². The van der Waals surface area contributed by atoms with Gasteiger partial charge in [0.1, 0.15) is 17.5 Å². The molecule has 1 aromatic rings. The van der Waals surface area contributed by atoms with Crippen molar-refractivity contribution in [3.8, 4) is 0 Å². The van der Waals surface area contributed by atoms with Crippen molar-refractivity contribution in [3.63, 3.8) is 0 Å². The van der Waals surface area contributed by atoms with Crippen molar-refractivity contribution in [1.29, 1.82) is 0 Å². The van der Waals surface area contributed by atoms with E-state index in [1.807, 2.05) is 18.9 Å². The first-order valence-corrected chi connectivity index (χ1v) is 7.04. The molecule has 1 aliphatic rings. The third-order valence-corrected chi connectivity index (χ3v) is 3.32. The van der Waals surface area contributed by atoms with E-state index < -0.39 is 0 Å². The molecule has 1 aliphatic carbocycles. The van der Waals surface area contributed by atoms with Gasteiger partial charge in [-0.1, -0.05) is 0 Å². The van der Waals surface area contributed by atoms with Gasteiger partial charge in [-0.2, -0.15) is 0 Å². The summed E-state index contributed by atoms with van der Waals surface area (Å²) >= 11 is 0. The Labute approximate surface area is 115 Å². The summed E-state index contributed by atoms with van der Waals surface area (Å²) in [6, 6.07) is 0. The minimum Gasteiger partial charge on any atom is -0.392 e.